The topological polar surface area (TPSA) is 102 Å². The smallest absolute Gasteiger partial charge is 0.365 e. The molecule has 10 heteroatoms. The van der Waals surface area contributed by atoms with Crippen molar-refractivity contribution in [3.8, 4) is 11.1 Å². The average molecular weight is 428 g/mol. The highest BCUT2D eigenvalue weighted by Gasteiger charge is 2.49. The summed E-state index contributed by atoms with van der Waals surface area (Å²) in [6.45, 7) is 0. The molecule has 4 N–H and O–H groups in total. The van der Waals surface area contributed by atoms with Crippen LogP contribution in [-0.2, 0) is 7.05 Å². The fourth-order valence-electron chi connectivity index (χ4n) is 3.99. The van der Waals surface area contributed by atoms with Gasteiger partial charge in [-0.15, -0.1) is 0 Å². The Labute approximate surface area is 174 Å². The Hall–Kier alpha value is -3.56. The molecule has 0 radical (unpaired) electrons. The van der Waals surface area contributed by atoms with E-state index in [9.17, 15) is 18.0 Å². The Morgan fingerprint density at radius 3 is 2.68 bits per heavy atom. The van der Waals surface area contributed by atoms with E-state index in [1.165, 1.54) is 6.20 Å². The van der Waals surface area contributed by atoms with Gasteiger partial charge in [0.2, 0.25) is 0 Å². The fraction of sp³-hybridized carbons (Fsp3) is 0.286. The monoisotopic (exact) mass is 428 g/mol. The number of nitrogens with one attached hydrogen (secondary N) is 2. The lowest BCUT2D eigenvalue weighted by Gasteiger charge is -2.22. The normalized spacial score (nSPS) is 15.5. The number of pyridine rings is 1. The number of benzene rings is 1. The standard InChI is InChI=1S/C21H19F3N6O/c1-30-9-12(7-27-30)11-4-5-13-15(6-11)28-17-14(19(25)31)8-26-20(16(13)17)29-18(10-2-3-10)21(22,23)24/h4-10,18,28H,2-3H2,1H3,(H2,25,31)(H,26,29)/t18-/m0/s1. The predicted molar refractivity (Wildman–Crippen MR) is 111 cm³/mol. The van der Waals surface area contributed by atoms with Gasteiger partial charge in [-0.3, -0.25) is 9.48 Å². The quantitative estimate of drug-likeness (QED) is 0.448. The van der Waals surface area contributed by atoms with Gasteiger partial charge in [-0.1, -0.05) is 12.1 Å². The highest BCUT2D eigenvalue weighted by atomic mass is 19.4. The molecule has 1 amide bonds. The number of primary amides is 1. The van der Waals surface area contributed by atoms with E-state index in [4.69, 9.17) is 5.73 Å². The van der Waals surface area contributed by atoms with Gasteiger partial charge < -0.3 is 16.0 Å². The van der Waals surface area contributed by atoms with Crippen molar-refractivity contribution in [2.75, 3.05) is 5.32 Å². The molecule has 0 unspecified atom stereocenters. The van der Waals surface area contributed by atoms with Gasteiger partial charge in [0, 0.05) is 35.9 Å². The number of carbonyl (C=O) groups excluding carboxylic acids is 1. The first-order valence-electron chi connectivity index (χ1n) is 9.79. The predicted octanol–water partition coefficient (Wildman–Crippen LogP) is 3.97. The maximum absolute atomic E-state index is 13.6. The molecular formula is C21H19F3N6O. The lowest BCUT2D eigenvalue weighted by molar-refractivity contribution is -0.146. The Balaban J connectivity index is 1.69. The lowest BCUT2D eigenvalue weighted by atomic mass is 10.1. The fourth-order valence-corrected chi connectivity index (χ4v) is 3.99. The summed E-state index contributed by atoms with van der Waals surface area (Å²) in [4.78, 5) is 19.3. The number of aromatic amines is 1. The molecule has 3 heterocycles. The molecule has 1 saturated carbocycles. The van der Waals surface area contributed by atoms with Crippen LogP contribution in [0.4, 0.5) is 19.0 Å². The van der Waals surface area contributed by atoms with E-state index in [0.29, 0.717) is 34.6 Å². The van der Waals surface area contributed by atoms with Crippen LogP contribution >= 0.6 is 0 Å². The zero-order valence-corrected chi connectivity index (χ0v) is 16.5. The highest BCUT2D eigenvalue weighted by molar-refractivity contribution is 6.18. The van der Waals surface area contributed by atoms with Gasteiger partial charge in [-0.2, -0.15) is 18.3 Å². The second kappa shape index (κ2) is 6.73. The Morgan fingerprint density at radius 2 is 2.06 bits per heavy atom. The molecule has 0 saturated heterocycles. The number of carbonyl (C=O) groups is 1. The number of aromatic nitrogens is 4. The number of nitrogens with zero attached hydrogens (tertiary/aromatic N) is 3. The highest BCUT2D eigenvalue weighted by Crippen LogP contribution is 2.43. The van der Waals surface area contributed by atoms with Crippen molar-refractivity contribution in [2.45, 2.75) is 25.1 Å². The largest absolute Gasteiger partial charge is 0.408 e. The molecule has 3 aromatic heterocycles. The number of hydrogen-bond acceptors (Lipinski definition) is 4. The molecule has 0 spiro atoms. The molecule has 1 fully saturated rings. The minimum Gasteiger partial charge on any atom is -0.365 e. The van der Waals surface area contributed by atoms with Crippen molar-refractivity contribution in [1.29, 1.82) is 0 Å². The number of anilines is 1. The second-order valence-corrected chi connectivity index (χ2v) is 7.92. The molecule has 5 rings (SSSR count). The van der Waals surface area contributed by atoms with E-state index in [1.807, 2.05) is 25.4 Å². The maximum atomic E-state index is 13.6. The summed E-state index contributed by atoms with van der Waals surface area (Å²) in [5.41, 5.74) is 8.40. The van der Waals surface area contributed by atoms with Crippen molar-refractivity contribution in [3.05, 3.63) is 42.4 Å². The molecule has 1 aliphatic carbocycles. The summed E-state index contributed by atoms with van der Waals surface area (Å²) in [6.07, 6.45) is 1.42. The first-order valence-corrected chi connectivity index (χ1v) is 9.79. The van der Waals surface area contributed by atoms with E-state index in [2.05, 4.69) is 20.4 Å². The van der Waals surface area contributed by atoms with E-state index in [-0.39, 0.29) is 11.4 Å². The zero-order chi connectivity index (χ0) is 21.9. The van der Waals surface area contributed by atoms with E-state index >= 15 is 0 Å². The molecule has 160 valence electrons. The van der Waals surface area contributed by atoms with Gasteiger partial charge in [0.1, 0.15) is 11.9 Å². The third-order valence-corrected chi connectivity index (χ3v) is 5.67. The molecule has 31 heavy (non-hydrogen) atoms. The minimum atomic E-state index is -4.41. The maximum Gasteiger partial charge on any atom is 0.408 e. The van der Waals surface area contributed by atoms with Crippen molar-refractivity contribution >= 4 is 33.5 Å². The minimum absolute atomic E-state index is 0.0783. The number of amides is 1. The van der Waals surface area contributed by atoms with Crippen molar-refractivity contribution < 1.29 is 18.0 Å². The van der Waals surface area contributed by atoms with Crippen LogP contribution in [0.3, 0.4) is 0 Å². The number of aryl methyl sites for hydroxylation is 1. The van der Waals surface area contributed by atoms with E-state index in [0.717, 1.165) is 11.1 Å². The van der Waals surface area contributed by atoms with E-state index < -0.39 is 24.0 Å². The van der Waals surface area contributed by atoms with Crippen LogP contribution in [-0.4, -0.2) is 37.9 Å². The Kier molecular flexibility index (Phi) is 4.21. The van der Waals surface area contributed by atoms with Crippen LogP contribution in [0.1, 0.15) is 23.2 Å². The number of hydrogen-bond donors (Lipinski definition) is 3. The van der Waals surface area contributed by atoms with Gasteiger partial charge in [-0.05, 0) is 30.4 Å². The summed E-state index contributed by atoms with van der Waals surface area (Å²) in [7, 11) is 1.81. The number of fused-ring (bicyclic) bond motifs is 3. The molecule has 1 aliphatic rings. The number of halogens is 3. The zero-order valence-electron chi connectivity index (χ0n) is 16.5. The molecule has 1 aromatic carbocycles. The summed E-state index contributed by atoms with van der Waals surface area (Å²) in [6, 6.07) is 3.83. The van der Waals surface area contributed by atoms with Gasteiger partial charge in [-0.25, -0.2) is 4.98 Å². The number of H-pyrrole nitrogens is 1. The molecule has 0 aliphatic heterocycles. The molecule has 7 nitrogen and oxygen atoms in total. The van der Waals surface area contributed by atoms with Crippen LogP contribution in [0.2, 0.25) is 0 Å². The van der Waals surface area contributed by atoms with Crippen molar-refractivity contribution in [3.63, 3.8) is 0 Å². The third kappa shape index (κ3) is 3.37. The first-order chi connectivity index (χ1) is 14.7. The Morgan fingerprint density at radius 1 is 1.29 bits per heavy atom. The van der Waals surface area contributed by atoms with Crippen LogP contribution < -0.4 is 11.1 Å². The SMILES string of the molecule is Cn1cc(-c2ccc3c(c2)[nH]c2c(C(N)=O)cnc(N[C@@H](C4CC4)C(F)(F)F)c23)cn1. The molecular weight excluding hydrogens is 409 g/mol. The number of rotatable bonds is 5. The van der Waals surface area contributed by atoms with Crippen molar-refractivity contribution in [2.24, 2.45) is 18.7 Å². The van der Waals surface area contributed by atoms with Crippen LogP contribution in [0.5, 0.6) is 0 Å². The average Bonchev–Trinajstić information content (AvgIpc) is 3.32. The summed E-state index contributed by atoms with van der Waals surface area (Å²) in [5.74, 6) is -1.11. The van der Waals surface area contributed by atoms with Gasteiger partial charge in [0.05, 0.1) is 22.7 Å². The van der Waals surface area contributed by atoms with Crippen LogP contribution in [0.25, 0.3) is 32.9 Å². The molecule has 4 aromatic rings. The molecule has 0 bridgehead atoms. The summed E-state index contributed by atoms with van der Waals surface area (Å²) < 4.78 is 42.5. The van der Waals surface area contributed by atoms with Gasteiger partial charge in [0.25, 0.3) is 5.91 Å². The van der Waals surface area contributed by atoms with Crippen molar-refractivity contribution in [1.82, 2.24) is 19.7 Å². The lowest BCUT2D eigenvalue weighted by Crippen LogP contribution is -2.38. The van der Waals surface area contributed by atoms with Crippen LogP contribution in [0, 0.1) is 5.92 Å². The van der Waals surface area contributed by atoms with Crippen LogP contribution in [0.15, 0.2) is 36.8 Å². The van der Waals surface area contributed by atoms with E-state index in [1.54, 1.807) is 16.9 Å². The summed E-state index contributed by atoms with van der Waals surface area (Å²) >= 11 is 0. The van der Waals surface area contributed by atoms with Gasteiger partial charge in [0.15, 0.2) is 0 Å². The van der Waals surface area contributed by atoms with Gasteiger partial charge >= 0.3 is 6.18 Å². The third-order valence-electron chi connectivity index (χ3n) is 5.67. The second-order valence-electron chi connectivity index (χ2n) is 7.92. The molecule has 1 atom stereocenters. The first kappa shape index (κ1) is 19.4. The Bertz CT molecular complexity index is 1320. The number of alkyl halides is 3. The summed E-state index contributed by atoms with van der Waals surface area (Å²) in [5, 5.41) is 7.83. The number of nitrogens with two attached hydrogens (primary N) is 1.